The van der Waals surface area contributed by atoms with Crippen LogP contribution in [-0.4, -0.2) is 31.1 Å². The van der Waals surface area contributed by atoms with Crippen molar-refractivity contribution in [1.29, 1.82) is 0 Å². The van der Waals surface area contributed by atoms with E-state index >= 15 is 0 Å². The van der Waals surface area contributed by atoms with Crippen molar-refractivity contribution in [1.82, 2.24) is 19.9 Å². The number of rotatable bonds is 5. The second-order valence-corrected chi connectivity index (χ2v) is 9.29. The number of halogens is 3. The van der Waals surface area contributed by atoms with Crippen LogP contribution >= 0.6 is 11.3 Å². The summed E-state index contributed by atoms with van der Waals surface area (Å²) in [5, 5.41) is 11.2. The van der Waals surface area contributed by atoms with Gasteiger partial charge in [-0.15, -0.1) is 11.3 Å². The molecule has 0 amide bonds. The van der Waals surface area contributed by atoms with Crippen molar-refractivity contribution in [2.24, 2.45) is 5.92 Å². The highest BCUT2D eigenvalue weighted by Crippen LogP contribution is 2.34. The van der Waals surface area contributed by atoms with Gasteiger partial charge in [0, 0.05) is 24.8 Å². The van der Waals surface area contributed by atoms with Crippen molar-refractivity contribution in [2.75, 3.05) is 0 Å². The molecule has 3 heterocycles. The number of H-pyrrole nitrogens is 1. The Morgan fingerprint density at radius 1 is 1.09 bits per heavy atom. The van der Waals surface area contributed by atoms with Gasteiger partial charge in [0.05, 0.1) is 27.5 Å². The van der Waals surface area contributed by atoms with E-state index in [1.54, 1.807) is 23.5 Å². The van der Waals surface area contributed by atoms with Gasteiger partial charge in [-0.3, -0.25) is 4.98 Å². The number of aliphatic hydroxyl groups is 1. The molecule has 0 bridgehead atoms. The molecule has 5 rings (SSSR count). The number of aliphatic hydroxyl groups excluding tert-OH is 1. The predicted molar refractivity (Wildman–Crippen MR) is 118 cm³/mol. The standard InChI is InChI=1S/C23H21F3N4O2S/c24-23(25,26)20-12-28-22(30-20)17-10-15(7-8-27-17)32-14-5-6-16-19(11-14)33-21(29-16)9-13-3-1-2-4-18(13)31/h5-8,10-13,18,31H,1-4,9H2,(H,28,30)/t13-,18+/m0/s1. The largest absolute Gasteiger partial charge is 0.457 e. The lowest BCUT2D eigenvalue weighted by molar-refractivity contribution is -0.140. The van der Waals surface area contributed by atoms with Gasteiger partial charge < -0.3 is 14.8 Å². The van der Waals surface area contributed by atoms with Crippen LogP contribution in [0.15, 0.2) is 42.7 Å². The lowest BCUT2D eigenvalue weighted by atomic mass is 9.84. The van der Waals surface area contributed by atoms with Gasteiger partial charge in [-0.1, -0.05) is 12.8 Å². The summed E-state index contributed by atoms with van der Waals surface area (Å²) in [6.45, 7) is 0. The van der Waals surface area contributed by atoms with Crippen molar-refractivity contribution < 1.29 is 23.0 Å². The van der Waals surface area contributed by atoms with E-state index in [2.05, 4.69) is 15.0 Å². The summed E-state index contributed by atoms with van der Waals surface area (Å²) >= 11 is 1.59. The third-order valence-corrected chi connectivity index (χ3v) is 6.84. The summed E-state index contributed by atoms with van der Waals surface area (Å²) in [4.78, 5) is 14.8. The number of aromatic amines is 1. The van der Waals surface area contributed by atoms with Crippen LogP contribution in [0.4, 0.5) is 13.2 Å². The molecule has 0 saturated heterocycles. The molecule has 0 unspecified atom stereocenters. The smallest absolute Gasteiger partial charge is 0.432 e. The number of hydrogen-bond donors (Lipinski definition) is 2. The molecule has 2 atom stereocenters. The normalized spacial score (nSPS) is 19.2. The Morgan fingerprint density at radius 2 is 1.91 bits per heavy atom. The number of nitrogens with one attached hydrogen (secondary N) is 1. The summed E-state index contributed by atoms with van der Waals surface area (Å²) in [5.74, 6) is 1.28. The first-order valence-electron chi connectivity index (χ1n) is 10.7. The van der Waals surface area contributed by atoms with Crippen molar-refractivity contribution in [3.63, 3.8) is 0 Å². The average molecular weight is 475 g/mol. The van der Waals surface area contributed by atoms with Crippen LogP contribution in [0, 0.1) is 5.92 Å². The first-order chi connectivity index (χ1) is 15.8. The van der Waals surface area contributed by atoms with Gasteiger partial charge in [0.15, 0.2) is 5.82 Å². The minimum atomic E-state index is -4.50. The highest BCUT2D eigenvalue weighted by molar-refractivity contribution is 7.18. The molecule has 172 valence electrons. The van der Waals surface area contributed by atoms with E-state index in [1.165, 1.54) is 12.3 Å². The first kappa shape index (κ1) is 21.8. The molecule has 4 aromatic rings. The topological polar surface area (TPSA) is 83.9 Å². The van der Waals surface area contributed by atoms with Gasteiger partial charge in [-0.25, -0.2) is 9.97 Å². The van der Waals surface area contributed by atoms with Gasteiger partial charge in [-0.05, 0) is 37.0 Å². The van der Waals surface area contributed by atoms with E-state index in [-0.39, 0.29) is 23.5 Å². The monoisotopic (exact) mass is 474 g/mol. The molecule has 1 aromatic carbocycles. The van der Waals surface area contributed by atoms with E-state index in [0.717, 1.165) is 53.5 Å². The Balaban J connectivity index is 1.33. The second-order valence-electron chi connectivity index (χ2n) is 8.18. The maximum Gasteiger partial charge on any atom is 0.432 e. The zero-order valence-corrected chi connectivity index (χ0v) is 18.3. The average Bonchev–Trinajstić information content (AvgIpc) is 3.42. The molecule has 1 saturated carbocycles. The summed E-state index contributed by atoms with van der Waals surface area (Å²) < 4.78 is 45.4. The van der Waals surface area contributed by atoms with E-state index in [0.29, 0.717) is 11.5 Å². The van der Waals surface area contributed by atoms with Crippen LogP contribution in [0.2, 0.25) is 0 Å². The van der Waals surface area contributed by atoms with Gasteiger partial charge in [-0.2, -0.15) is 13.2 Å². The van der Waals surface area contributed by atoms with E-state index < -0.39 is 11.9 Å². The number of imidazole rings is 1. The number of benzene rings is 1. The molecule has 0 aliphatic heterocycles. The number of hydrogen-bond acceptors (Lipinski definition) is 6. The molecule has 33 heavy (non-hydrogen) atoms. The van der Waals surface area contributed by atoms with Crippen LogP contribution < -0.4 is 4.74 Å². The molecule has 2 N–H and O–H groups in total. The van der Waals surface area contributed by atoms with Gasteiger partial charge >= 0.3 is 6.18 Å². The fourth-order valence-electron chi connectivity index (χ4n) is 4.09. The van der Waals surface area contributed by atoms with Crippen molar-refractivity contribution in [3.8, 4) is 23.0 Å². The minimum Gasteiger partial charge on any atom is -0.457 e. The number of thiazole rings is 1. The lowest BCUT2D eigenvalue weighted by Gasteiger charge is -2.26. The molecule has 1 fully saturated rings. The number of pyridine rings is 1. The van der Waals surface area contributed by atoms with E-state index in [9.17, 15) is 18.3 Å². The summed E-state index contributed by atoms with van der Waals surface area (Å²) in [6.07, 6.45) is 2.32. The Kier molecular flexibility index (Phi) is 5.79. The van der Waals surface area contributed by atoms with Crippen LogP contribution in [0.25, 0.3) is 21.7 Å². The maximum absolute atomic E-state index is 12.8. The van der Waals surface area contributed by atoms with Crippen LogP contribution in [0.3, 0.4) is 0 Å². The summed E-state index contributed by atoms with van der Waals surface area (Å²) in [6, 6.07) is 8.74. The molecule has 3 aromatic heterocycles. The zero-order chi connectivity index (χ0) is 23.0. The third kappa shape index (κ3) is 4.86. The first-order valence-corrected chi connectivity index (χ1v) is 11.5. The summed E-state index contributed by atoms with van der Waals surface area (Å²) in [5.41, 5.74) is 0.186. The van der Waals surface area contributed by atoms with Crippen molar-refractivity contribution in [2.45, 2.75) is 44.4 Å². The molecule has 0 spiro atoms. The zero-order valence-electron chi connectivity index (χ0n) is 17.5. The van der Waals surface area contributed by atoms with E-state index in [4.69, 9.17) is 9.72 Å². The SMILES string of the molecule is O[C@@H]1CCCC[C@H]1Cc1nc2ccc(Oc3ccnc(-c4ncc(C(F)(F)F)[nH]4)c3)cc2s1. The predicted octanol–water partition coefficient (Wildman–Crippen LogP) is 5.99. The second kappa shape index (κ2) is 8.75. The van der Waals surface area contributed by atoms with Gasteiger partial charge in [0.25, 0.3) is 0 Å². The quantitative estimate of drug-likeness (QED) is 0.371. The fourth-order valence-corrected chi connectivity index (χ4v) is 5.18. The number of fused-ring (bicyclic) bond motifs is 1. The number of ether oxygens (including phenoxy) is 1. The third-order valence-electron chi connectivity index (χ3n) is 5.80. The lowest BCUT2D eigenvalue weighted by Crippen LogP contribution is -2.26. The van der Waals surface area contributed by atoms with E-state index in [1.807, 2.05) is 12.1 Å². The van der Waals surface area contributed by atoms with Gasteiger partial charge in [0.2, 0.25) is 0 Å². The molecule has 6 nitrogen and oxygen atoms in total. The van der Waals surface area contributed by atoms with Crippen LogP contribution in [0.5, 0.6) is 11.5 Å². The van der Waals surface area contributed by atoms with Crippen LogP contribution in [0.1, 0.15) is 36.4 Å². The molecular weight excluding hydrogens is 453 g/mol. The number of alkyl halides is 3. The number of nitrogens with zero attached hydrogens (tertiary/aromatic N) is 3. The maximum atomic E-state index is 12.8. The summed E-state index contributed by atoms with van der Waals surface area (Å²) in [7, 11) is 0. The molecule has 1 aliphatic carbocycles. The Labute approximate surface area is 191 Å². The fraction of sp³-hybridized carbons (Fsp3) is 0.348. The van der Waals surface area contributed by atoms with Gasteiger partial charge in [0.1, 0.15) is 22.9 Å². The molecular formula is C23H21F3N4O2S. The Morgan fingerprint density at radius 3 is 2.70 bits per heavy atom. The highest BCUT2D eigenvalue weighted by Gasteiger charge is 2.33. The van der Waals surface area contributed by atoms with Crippen LogP contribution in [-0.2, 0) is 12.6 Å². The minimum absolute atomic E-state index is 0.0141. The Bertz CT molecular complexity index is 1270. The molecule has 10 heteroatoms. The van der Waals surface area contributed by atoms with Crippen molar-refractivity contribution in [3.05, 3.63) is 53.4 Å². The number of aromatic nitrogens is 4. The molecule has 0 radical (unpaired) electrons. The highest BCUT2D eigenvalue weighted by atomic mass is 32.1. The molecule has 1 aliphatic rings. The van der Waals surface area contributed by atoms with Crippen molar-refractivity contribution >= 4 is 21.6 Å². The Hall–Kier alpha value is -2.98.